The van der Waals surface area contributed by atoms with Crippen LogP contribution in [0.5, 0.6) is 0 Å². The molecule has 0 unspecified atom stereocenters. The van der Waals surface area contributed by atoms with Gasteiger partial charge in [-0.15, -0.1) is 21.5 Å². The summed E-state index contributed by atoms with van der Waals surface area (Å²) in [6.07, 6.45) is 0. The van der Waals surface area contributed by atoms with E-state index in [1.54, 1.807) is 19.2 Å². The summed E-state index contributed by atoms with van der Waals surface area (Å²) in [7, 11) is 1.70. The molecule has 130 valence electrons. The molecular weight excluding hydrogens is 381 g/mol. The Balaban J connectivity index is 1.58. The zero-order valence-electron chi connectivity index (χ0n) is 13.4. The molecule has 6 nitrogen and oxygen atoms in total. The summed E-state index contributed by atoms with van der Waals surface area (Å²) in [4.78, 5) is 17.3. The van der Waals surface area contributed by atoms with Crippen LogP contribution in [0, 0.1) is 5.82 Å². The Morgan fingerprint density at radius 2 is 2.24 bits per heavy atom. The Morgan fingerprint density at radius 1 is 1.40 bits per heavy atom. The predicted molar refractivity (Wildman–Crippen MR) is 100 cm³/mol. The van der Waals surface area contributed by atoms with Crippen molar-refractivity contribution in [3.8, 4) is 0 Å². The number of hydrogen-bond donors (Lipinski definition) is 1. The van der Waals surface area contributed by atoms with Crippen LogP contribution in [0.4, 0.5) is 20.3 Å². The second-order valence-corrected chi connectivity index (χ2v) is 8.03. The second kappa shape index (κ2) is 7.89. The van der Waals surface area contributed by atoms with Gasteiger partial charge in [-0.25, -0.2) is 9.37 Å². The van der Waals surface area contributed by atoms with Gasteiger partial charge in [0.1, 0.15) is 5.82 Å². The van der Waals surface area contributed by atoms with Gasteiger partial charge in [-0.3, -0.25) is 9.69 Å². The third kappa shape index (κ3) is 4.74. The fourth-order valence-electron chi connectivity index (χ4n) is 1.80. The number of nitrogens with one attached hydrogen (secondary N) is 1. The van der Waals surface area contributed by atoms with Gasteiger partial charge in [-0.05, 0) is 18.2 Å². The third-order valence-electron chi connectivity index (χ3n) is 3.12. The van der Waals surface area contributed by atoms with Gasteiger partial charge in [0.15, 0.2) is 9.47 Å². The Morgan fingerprint density at radius 3 is 3.00 bits per heavy atom. The maximum atomic E-state index is 13.2. The molecule has 0 aliphatic heterocycles. The molecule has 2 aromatic heterocycles. The van der Waals surface area contributed by atoms with E-state index in [2.05, 4.69) is 20.5 Å². The highest BCUT2D eigenvalue weighted by molar-refractivity contribution is 8.00. The topological polar surface area (TPSA) is 71.0 Å². The molecule has 0 saturated carbocycles. The van der Waals surface area contributed by atoms with E-state index in [1.807, 2.05) is 5.38 Å². The van der Waals surface area contributed by atoms with E-state index in [-0.39, 0.29) is 11.7 Å². The van der Waals surface area contributed by atoms with Gasteiger partial charge in [0.05, 0.1) is 5.69 Å². The van der Waals surface area contributed by atoms with E-state index in [0.717, 1.165) is 10.0 Å². The monoisotopic (exact) mass is 395 g/mol. The van der Waals surface area contributed by atoms with Gasteiger partial charge in [0.25, 0.3) is 0 Å². The second-order valence-electron chi connectivity index (χ2n) is 5.00. The number of rotatable bonds is 6. The van der Waals surface area contributed by atoms with Gasteiger partial charge in [0, 0.05) is 30.8 Å². The number of thioether (sulfide) groups is 1. The van der Waals surface area contributed by atoms with Crippen LogP contribution in [-0.4, -0.2) is 28.1 Å². The summed E-state index contributed by atoms with van der Waals surface area (Å²) in [5, 5.41) is 14.4. The number of anilines is 3. The number of aromatic nitrogens is 3. The van der Waals surface area contributed by atoms with Gasteiger partial charge in [-0.2, -0.15) is 0 Å². The molecule has 1 amide bonds. The Hall–Kier alpha value is -2.04. The van der Waals surface area contributed by atoms with E-state index in [9.17, 15) is 9.18 Å². The fourth-order valence-corrected chi connectivity index (χ4v) is 4.40. The number of carbonyl (C=O) groups is 1. The smallest absolute Gasteiger partial charge is 0.225 e. The summed E-state index contributed by atoms with van der Waals surface area (Å²) in [6, 6.07) is 6.18. The van der Waals surface area contributed by atoms with Crippen molar-refractivity contribution < 1.29 is 9.18 Å². The number of carbonyl (C=O) groups excluding carboxylic acids is 1. The number of halogens is 1. The minimum Gasteiger partial charge on any atom is -0.330 e. The average molecular weight is 396 g/mol. The summed E-state index contributed by atoms with van der Waals surface area (Å²) in [5.74, 6) is 0.279. The Bertz CT molecular complexity index is 881. The first-order chi connectivity index (χ1) is 12.0. The highest BCUT2D eigenvalue weighted by Crippen LogP contribution is 2.31. The van der Waals surface area contributed by atoms with Crippen LogP contribution in [-0.2, 0) is 10.5 Å². The third-order valence-corrected chi connectivity index (χ3v) is 6.10. The summed E-state index contributed by atoms with van der Waals surface area (Å²) >= 11 is 4.33. The van der Waals surface area contributed by atoms with Gasteiger partial charge >= 0.3 is 0 Å². The number of nitrogens with zero attached hydrogens (tertiary/aromatic N) is 4. The lowest BCUT2D eigenvalue weighted by molar-refractivity contribution is -0.116. The minimum atomic E-state index is -0.307. The Kier molecular flexibility index (Phi) is 5.61. The summed E-state index contributed by atoms with van der Waals surface area (Å²) < 4.78 is 14.0. The van der Waals surface area contributed by atoms with Crippen LogP contribution in [0.2, 0.25) is 0 Å². The first-order valence-corrected chi connectivity index (χ1v) is 9.87. The normalized spacial score (nSPS) is 10.7. The molecule has 0 saturated heterocycles. The number of hydrogen-bond acceptors (Lipinski definition) is 8. The van der Waals surface area contributed by atoms with Crippen LogP contribution in [0.3, 0.4) is 0 Å². The molecule has 0 fully saturated rings. The lowest BCUT2D eigenvalue weighted by Crippen LogP contribution is -2.22. The average Bonchev–Trinajstić information content (AvgIpc) is 3.21. The van der Waals surface area contributed by atoms with Crippen molar-refractivity contribution in [3.05, 3.63) is 41.2 Å². The SMILES string of the molecule is CC(=O)N(C)c1nc(CSc2nnc(Nc3cccc(F)c3)s2)cs1. The van der Waals surface area contributed by atoms with E-state index in [0.29, 0.717) is 21.7 Å². The number of thiazole rings is 1. The van der Waals surface area contributed by atoms with Crippen molar-refractivity contribution >= 4 is 56.3 Å². The van der Waals surface area contributed by atoms with Gasteiger partial charge < -0.3 is 5.32 Å². The highest BCUT2D eigenvalue weighted by atomic mass is 32.2. The van der Waals surface area contributed by atoms with E-state index in [1.165, 1.54) is 58.4 Å². The molecule has 1 aromatic carbocycles. The van der Waals surface area contributed by atoms with Crippen LogP contribution < -0.4 is 10.2 Å². The zero-order valence-corrected chi connectivity index (χ0v) is 15.8. The molecule has 3 rings (SSSR count). The lowest BCUT2D eigenvalue weighted by Gasteiger charge is -2.09. The molecule has 25 heavy (non-hydrogen) atoms. The van der Waals surface area contributed by atoms with Crippen LogP contribution >= 0.6 is 34.4 Å². The lowest BCUT2D eigenvalue weighted by atomic mass is 10.3. The predicted octanol–water partition coefficient (Wildman–Crippen LogP) is 4.15. The standard InChI is InChI=1S/C15H14FN5OS3/c1-9(22)21(2)14-18-12(7-23-14)8-24-15-20-19-13(25-15)17-11-5-3-4-10(16)6-11/h3-7H,8H2,1-2H3,(H,17,19). The molecule has 0 aliphatic carbocycles. The maximum Gasteiger partial charge on any atom is 0.225 e. The first-order valence-electron chi connectivity index (χ1n) is 7.19. The zero-order chi connectivity index (χ0) is 17.8. The highest BCUT2D eigenvalue weighted by Gasteiger charge is 2.12. The molecule has 0 atom stereocenters. The number of benzene rings is 1. The Labute approximate surface area is 156 Å². The molecule has 10 heteroatoms. The van der Waals surface area contributed by atoms with Crippen molar-refractivity contribution in [2.24, 2.45) is 0 Å². The molecule has 2 heterocycles. The van der Waals surface area contributed by atoms with Crippen LogP contribution in [0.15, 0.2) is 34.0 Å². The van der Waals surface area contributed by atoms with Crippen molar-refractivity contribution in [3.63, 3.8) is 0 Å². The largest absolute Gasteiger partial charge is 0.330 e. The quantitative estimate of drug-likeness (QED) is 0.632. The summed E-state index contributed by atoms with van der Waals surface area (Å²) in [5.41, 5.74) is 1.51. The minimum absolute atomic E-state index is 0.0502. The molecule has 1 N–H and O–H groups in total. The van der Waals surface area contributed by atoms with Gasteiger partial charge in [-0.1, -0.05) is 29.2 Å². The maximum absolute atomic E-state index is 13.2. The van der Waals surface area contributed by atoms with Gasteiger partial charge in [0.2, 0.25) is 11.0 Å². The molecule has 0 aliphatic rings. The summed E-state index contributed by atoms with van der Waals surface area (Å²) in [6.45, 7) is 1.50. The molecule has 0 bridgehead atoms. The van der Waals surface area contributed by atoms with E-state index >= 15 is 0 Å². The first kappa shape index (κ1) is 17.8. The molecule has 3 aromatic rings. The number of amides is 1. The van der Waals surface area contributed by atoms with Crippen LogP contribution in [0.25, 0.3) is 0 Å². The van der Waals surface area contributed by atoms with Crippen molar-refractivity contribution in [1.29, 1.82) is 0 Å². The molecule has 0 spiro atoms. The van der Waals surface area contributed by atoms with E-state index < -0.39 is 0 Å². The van der Waals surface area contributed by atoms with Crippen LogP contribution in [0.1, 0.15) is 12.6 Å². The van der Waals surface area contributed by atoms with E-state index in [4.69, 9.17) is 0 Å². The van der Waals surface area contributed by atoms with Crippen molar-refractivity contribution in [2.75, 3.05) is 17.3 Å². The molecular formula is C15H14FN5OS3. The molecule has 0 radical (unpaired) electrons. The van der Waals surface area contributed by atoms with Crippen molar-refractivity contribution in [1.82, 2.24) is 15.2 Å². The fraction of sp³-hybridized carbons (Fsp3) is 0.200. The van der Waals surface area contributed by atoms with Crippen molar-refractivity contribution in [2.45, 2.75) is 17.0 Å².